The van der Waals surface area contributed by atoms with Gasteiger partial charge in [-0.1, -0.05) is 26.7 Å². The summed E-state index contributed by atoms with van der Waals surface area (Å²) in [6.45, 7) is 7.01. The van der Waals surface area contributed by atoms with Crippen molar-refractivity contribution < 1.29 is 9.59 Å². The Morgan fingerprint density at radius 3 is 2.48 bits per heavy atom. The van der Waals surface area contributed by atoms with E-state index in [1.165, 1.54) is 6.42 Å². The number of hydrogen-bond acceptors (Lipinski definition) is 3. The summed E-state index contributed by atoms with van der Waals surface area (Å²) >= 11 is 0. The highest BCUT2D eigenvalue weighted by Crippen LogP contribution is 2.19. The molecule has 0 aliphatic carbocycles. The van der Waals surface area contributed by atoms with Crippen molar-refractivity contribution in [2.24, 2.45) is 11.8 Å². The van der Waals surface area contributed by atoms with Gasteiger partial charge >= 0.3 is 0 Å². The molecule has 5 heteroatoms. The van der Waals surface area contributed by atoms with Crippen LogP contribution in [-0.2, 0) is 9.59 Å². The predicted molar refractivity (Wildman–Crippen MR) is 84.9 cm³/mol. The third-order valence-corrected chi connectivity index (χ3v) is 4.19. The van der Waals surface area contributed by atoms with Gasteiger partial charge in [-0.2, -0.15) is 0 Å². The molecule has 0 bridgehead atoms. The van der Waals surface area contributed by atoms with Crippen molar-refractivity contribution in [3.05, 3.63) is 0 Å². The van der Waals surface area contributed by atoms with Gasteiger partial charge in [-0.15, -0.1) is 0 Å². The first-order valence-electron chi connectivity index (χ1n) is 8.31. The van der Waals surface area contributed by atoms with E-state index in [2.05, 4.69) is 17.6 Å². The van der Waals surface area contributed by atoms with Gasteiger partial charge in [0, 0.05) is 38.0 Å². The molecule has 1 unspecified atom stereocenters. The van der Waals surface area contributed by atoms with Crippen LogP contribution in [0.3, 0.4) is 0 Å². The third kappa shape index (κ3) is 6.04. The van der Waals surface area contributed by atoms with Gasteiger partial charge in [0.1, 0.15) is 0 Å². The van der Waals surface area contributed by atoms with E-state index >= 15 is 0 Å². The Morgan fingerprint density at radius 1 is 1.24 bits per heavy atom. The molecule has 0 aromatic rings. The quantitative estimate of drug-likeness (QED) is 0.666. The molecule has 0 radical (unpaired) electrons. The van der Waals surface area contributed by atoms with Crippen LogP contribution >= 0.6 is 0 Å². The van der Waals surface area contributed by atoms with Gasteiger partial charge in [0.15, 0.2) is 0 Å². The van der Waals surface area contributed by atoms with Crippen LogP contribution in [0.5, 0.6) is 0 Å². The lowest BCUT2D eigenvalue weighted by Gasteiger charge is -2.33. The zero-order valence-corrected chi connectivity index (χ0v) is 13.8. The summed E-state index contributed by atoms with van der Waals surface area (Å²) in [5, 5.41) is 6.06. The summed E-state index contributed by atoms with van der Waals surface area (Å²) in [5.74, 6) is 0.456. The van der Waals surface area contributed by atoms with Gasteiger partial charge < -0.3 is 15.5 Å². The SMILES string of the molecule is CCCCCNC(=O)C1CCN(C(=O)C(C)CNC)CC1. The molecular weight excluding hydrogens is 266 g/mol. The van der Waals surface area contributed by atoms with E-state index in [0.29, 0.717) is 19.6 Å². The number of hydrogen-bond donors (Lipinski definition) is 2. The highest BCUT2D eigenvalue weighted by Gasteiger charge is 2.28. The number of carbonyl (C=O) groups excluding carboxylic acids is 2. The Bertz CT molecular complexity index is 325. The fraction of sp³-hybridized carbons (Fsp3) is 0.875. The lowest BCUT2D eigenvalue weighted by atomic mass is 9.95. The van der Waals surface area contributed by atoms with E-state index in [9.17, 15) is 9.59 Å². The van der Waals surface area contributed by atoms with Crippen LogP contribution in [-0.4, -0.2) is 49.9 Å². The minimum atomic E-state index is 0.00872. The van der Waals surface area contributed by atoms with E-state index in [0.717, 1.165) is 32.2 Å². The van der Waals surface area contributed by atoms with Crippen LogP contribution in [0.4, 0.5) is 0 Å². The Hall–Kier alpha value is -1.10. The number of carbonyl (C=O) groups is 2. The Kier molecular flexibility index (Phi) is 8.35. The highest BCUT2D eigenvalue weighted by atomic mass is 16.2. The number of nitrogens with one attached hydrogen (secondary N) is 2. The summed E-state index contributed by atoms with van der Waals surface area (Å²) in [6.07, 6.45) is 4.97. The van der Waals surface area contributed by atoms with Crippen molar-refractivity contribution in [3.8, 4) is 0 Å². The van der Waals surface area contributed by atoms with Gasteiger partial charge in [-0.05, 0) is 26.3 Å². The Morgan fingerprint density at radius 2 is 1.90 bits per heavy atom. The smallest absolute Gasteiger partial charge is 0.226 e. The van der Waals surface area contributed by atoms with E-state index in [-0.39, 0.29) is 23.7 Å². The van der Waals surface area contributed by atoms with Crippen molar-refractivity contribution in [2.75, 3.05) is 33.2 Å². The molecule has 0 spiro atoms. The largest absolute Gasteiger partial charge is 0.356 e. The summed E-state index contributed by atoms with van der Waals surface area (Å²) < 4.78 is 0. The lowest BCUT2D eigenvalue weighted by molar-refractivity contribution is -0.138. The molecular formula is C16H31N3O2. The monoisotopic (exact) mass is 297 g/mol. The van der Waals surface area contributed by atoms with E-state index in [4.69, 9.17) is 0 Å². The number of likely N-dealkylation sites (tertiary alicyclic amines) is 1. The maximum Gasteiger partial charge on any atom is 0.226 e. The van der Waals surface area contributed by atoms with Crippen molar-refractivity contribution in [1.29, 1.82) is 0 Å². The van der Waals surface area contributed by atoms with Crippen LogP contribution in [0.1, 0.15) is 46.0 Å². The fourth-order valence-electron chi connectivity index (χ4n) is 2.80. The first-order chi connectivity index (χ1) is 10.1. The van der Waals surface area contributed by atoms with Crippen molar-refractivity contribution >= 4 is 11.8 Å². The minimum absolute atomic E-state index is 0.00872. The second-order valence-electron chi connectivity index (χ2n) is 6.06. The van der Waals surface area contributed by atoms with Crippen LogP contribution in [0.15, 0.2) is 0 Å². The predicted octanol–water partition coefficient (Wildman–Crippen LogP) is 1.39. The number of piperidine rings is 1. The standard InChI is InChI=1S/C16H31N3O2/c1-4-5-6-9-18-15(20)14-7-10-19(11-8-14)16(21)13(2)12-17-3/h13-14,17H,4-12H2,1-3H3,(H,18,20). The van der Waals surface area contributed by atoms with E-state index in [1.807, 2.05) is 18.9 Å². The molecule has 0 aromatic carbocycles. The van der Waals surface area contributed by atoms with Gasteiger partial charge in [-0.25, -0.2) is 0 Å². The van der Waals surface area contributed by atoms with Crippen molar-refractivity contribution in [3.63, 3.8) is 0 Å². The first kappa shape index (κ1) is 18.0. The molecule has 5 nitrogen and oxygen atoms in total. The molecule has 122 valence electrons. The molecule has 1 heterocycles. The summed E-state index contributed by atoms with van der Waals surface area (Å²) in [5.41, 5.74) is 0. The second-order valence-corrected chi connectivity index (χ2v) is 6.06. The summed E-state index contributed by atoms with van der Waals surface area (Å²) in [7, 11) is 1.86. The topological polar surface area (TPSA) is 61.4 Å². The molecule has 0 saturated carbocycles. The maximum absolute atomic E-state index is 12.2. The summed E-state index contributed by atoms with van der Waals surface area (Å²) in [6, 6.07) is 0. The van der Waals surface area contributed by atoms with Gasteiger partial charge in [0.25, 0.3) is 0 Å². The molecule has 1 saturated heterocycles. The fourth-order valence-corrected chi connectivity index (χ4v) is 2.80. The molecule has 0 aromatic heterocycles. The van der Waals surface area contributed by atoms with E-state index < -0.39 is 0 Å². The molecule has 1 atom stereocenters. The molecule has 21 heavy (non-hydrogen) atoms. The third-order valence-electron chi connectivity index (χ3n) is 4.19. The van der Waals surface area contributed by atoms with Crippen molar-refractivity contribution in [1.82, 2.24) is 15.5 Å². The van der Waals surface area contributed by atoms with Crippen LogP contribution in [0.2, 0.25) is 0 Å². The number of rotatable bonds is 8. The molecule has 2 amide bonds. The van der Waals surface area contributed by atoms with Crippen LogP contribution in [0, 0.1) is 11.8 Å². The average Bonchev–Trinajstić information content (AvgIpc) is 2.51. The zero-order chi connectivity index (χ0) is 15.7. The summed E-state index contributed by atoms with van der Waals surface area (Å²) in [4.78, 5) is 26.1. The minimum Gasteiger partial charge on any atom is -0.356 e. The molecule has 2 N–H and O–H groups in total. The number of unbranched alkanes of at least 4 members (excludes halogenated alkanes) is 2. The number of nitrogens with zero attached hydrogens (tertiary/aromatic N) is 1. The average molecular weight is 297 g/mol. The Labute approximate surface area is 128 Å². The normalized spacial score (nSPS) is 17.6. The molecule has 1 fully saturated rings. The van der Waals surface area contributed by atoms with E-state index in [1.54, 1.807) is 0 Å². The number of amides is 2. The van der Waals surface area contributed by atoms with Crippen molar-refractivity contribution in [2.45, 2.75) is 46.0 Å². The second kappa shape index (κ2) is 9.77. The van der Waals surface area contributed by atoms with Gasteiger partial charge in [0.05, 0.1) is 0 Å². The first-order valence-corrected chi connectivity index (χ1v) is 8.31. The zero-order valence-electron chi connectivity index (χ0n) is 13.8. The highest BCUT2D eigenvalue weighted by molar-refractivity contribution is 5.81. The molecule has 1 aliphatic heterocycles. The Balaban J connectivity index is 2.28. The lowest BCUT2D eigenvalue weighted by Crippen LogP contribution is -2.46. The van der Waals surface area contributed by atoms with Gasteiger partial charge in [-0.3, -0.25) is 9.59 Å². The maximum atomic E-state index is 12.2. The van der Waals surface area contributed by atoms with Gasteiger partial charge in [0.2, 0.25) is 11.8 Å². The molecule has 1 aliphatic rings. The van der Waals surface area contributed by atoms with Crippen LogP contribution < -0.4 is 10.6 Å². The van der Waals surface area contributed by atoms with Crippen LogP contribution in [0.25, 0.3) is 0 Å². The molecule has 1 rings (SSSR count).